The number of hydrogen-bond donors (Lipinski definition) is 1. The predicted octanol–water partition coefficient (Wildman–Crippen LogP) is 4.67. The highest BCUT2D eigenvalue weighted by Crippen LogP contribution is 2.30. The third-order valence-corrected chi connectivity index (χ3v) is 5.04. The summed E-state index contributed by atoms with van der Waals surface area (Å²) in [6.45, 7) is 5.49. The zero-order chi connectivity index (χ0) is 21.3. The predicted molar refractivity (Wildman–Crippen MR) is 113 cm³/mol. The van der Waals surface area contributed by atoms with Gasteiger partial charge in [-0.05, 0) is 31.0 Å². The van der Waals surface area contributed by atoms with Gasteiger partial charge in [0.2, 0.25) is 5.91 Å². The molecule has 0 fully saturated rings. The lowest BCUT2D eigenvalue weighted by molar-refractivity contribution is -0.116. The quantitative estimate of drug-likeness (QED) is 0.629. The molecule has 3 rings (SSSR count). The van der Waals surface area contributed by atoms with Crippen LogP contribution in [0.3, 0.4) is 0 Å². The van der Waals surface area contributed by atoms with Gasteiger partial charge in [-0.15, -0.1) is 0 Å². The fourth-order valence-corrected chi connectivity index (χ4v) is 3.36. The van der Waals surface area contributed by atoms with Gasteiger partial charge in [0.15, 0.2) is 0 Å². The summed E-state index contributed by atoms with van der Waals surface area (Å²) in [4.78, 5) is 31.3. The molecule has 1 aromatic carbocycles. The van der Waals surface area contributed by atoms with Gasteiger partial charge in [0, 0.05) is 12.7 Å². The number of carbonyl (C=O) groups is 2. The van der Waals surface area contributed by atoms with E-state index in [0.717, 1.165) is 0 Å². The van der Waals surface area contributed by atoms with Crippen LogP contribution in [-0.2, 0) is 4.79 Å². The minimum absolute atomic E-state index is 0.0901. The monoisotopic (exact) mass is 434 g/mol. The third kappa shape index (κ3) is 4.36. The number of halogens is 2. The summed E-state index contributed by atoms with van der Waals surface area (Å²) in [7, 11) is 1.54. The summed E-state index contributed by atoms with van der Waals surface area (Å²) in [6.07, 6.45) is 0. The van der Waals surface area contributed by atoms with Crippen molar-refractivity contribution in [3.05, 3.63) is 51.3 Å². The number of anilines is 1. The minimum Gasteiger partial charge on any atom is -0.336 e. The van der Waals surface area contributed by atoms with E-state index < -0.39 is 5.91 Å². The smallest absolute Gasteiger partial charge is 0.259 e. The number of para-hydroxylation sites is 1. The Hall–Kier alpha value is -2.64. The molecule has 152 valence electrons. The minimum atomic E-state index is -0.424. The first kappa shape index (κ1) is 21.1. The molecule has 0 spiro atoms. The zero-order valence-electron chi connectivity index (χ0n) is 16.4. The third-order valence-electron chi connectivity index (χ3n) is 4.41. The van der Waals surface area contributed by atoms with Crippen molar-refractivity contribution in [1.82, 2.24) is 15.0 Å². The van der Waals surface area contributed by atoms with Gasteiger partial charge >= 0.3 is 0 Å². The van der Waals surface area contributed by atoms with Crippen LogP contribution in [0.1, 0.15) is 41.5 Å². The Labute approximate surface area is 178 Å². The van der Waals surface area contributed by atoms with E-state index in [4.69, 9.17) is 27.7 Å². The molecule has 0 saturated carbocycles. The molecule has 2 heterocycles. The van der Waals surface area contributed by atoms with E-state index in [1.165, 1.54) is 4.90 Å². The lowest BCUT2D eigenvalue weighted by Crippen LogP contribution is -2.35. The van der Waals surface area contributed by atoms with E-state index in [-0.39, 0.29) is 18.4 Å². The maximum absolute atomic E-state index is 13.1. The number of benzene rings is 1. The van der Waals surface area contributed by atoms with Crippen LogP contribution in [0.25, 0.3) is 11.1 Å². The number of rotatable bonds is 5. The SMILES string of the molecule is Cc1noc2nc(C(C)C)cc(C(=O)N(C)CC(=O)Nc3c(Cl)cccc3Cl)c12. The topological polar surface area (TPSA) is 88.3 Å². The number of fused-ring (bicyclic) bond motifs is 1. The molecule has 3 aromatic rings. The first-order chi connectivity index (χ1) is 13.7. The molecule has 0 bridgehead atoms. The molecule has 0 atom stereocenters. The average Bonchev–Trinajstić information content (AvgIpc) is 3.04. The van der Waals surface area contributed by atoms with E-state index in [9.17, 15) is 9.59 Å². The second-order valence-corrected chi connectivity index (χ2v) is 7.82. The average molecular weight is 435 g/mol. The summed E-state index contributed by atoms with van der Waals surface area (Å²) in [6, 6.07) is 6.64. The first-order valence-corrected chi connectivity index (χ1v) is 9.71. The highest BCUT2D eigenvalue weighted by Gasteiger charge is 2.23. The number of aromatic nitrogens is 2. The number of aryl methyl sites for hydroxylation is 1. The molecule has 0 radical (unpaired) electrons. The Morgan fingerprint density at radius 3 is 2.52 bits per heavy atom. The summed E-state index contributed by atoms with van der Waals surface area (Å²) in [5.41, 5.74) is 2.27. The molecule has 2 aromatic heterocycles. The lowest BCUT2D eigenvalue weighted by atomic mass is 10.0. The molecule has 0 unspecified atom stereocenters. The molecule has 2 amide bonds. The van der Waals surface area contributed by atoms with Crippen LogP contribution in [0, 0.1) is 6.92 Å². The standard InChI is InChI=1S/C20H20Cl2N4O3/c1-10(2)15-8-12(17-11(3)25-29-19(17)23-15)20(28)26(4)9-16(27)24-18-13(21)6-5-7-14(18)22/h5-8,10H,9H2,1-4H3,(H,24,27). The Morgan fingerprint density at radius 1 is 1.24 bits per heavy atom. The molecule has 1 N–H and O–H groups in total. The number of nitrogens with one attached hydrogen (secondary N) is 1. The van der Waals surface area contributed by atoms with Crippen molar-refractivity contribution < 1.29 is 14.1 Å². The summed E-state index contributed by atoms with van der Waals surface area (Å²) < 4.78 is 5.26. The zero-order valence-corrected chi connectivity index (χ0v) is 17.9. The molecule has 0 saturated heterocycles. The van der Waals surface area contributed by atoms with Crippen LogP contribution in [-0.4, -0.2) is 40.4 Å². The Bertz CT molecular complexity index is 1070. The molecule has 0 aliphatic rings. The van der Waals surface area contributed by atoms with Crippen molar-refractivity contribution >= 4 is 51.8 Å². The van der Waals surface area contributed by atoms with E-state index >= 15 is 0 Å². The van der Waals surface area contributed by atoms with Gasteiger partial charge < -0.3 is 14.7 Å². The van der Waals surface area contributed by atoms with Crippen LogP contribution in [0.15, 0.2) is 28.8 Å². The number of nitrogens with zero attached hydrogens (tertiary/aromatic N) is 3. The van der Waals surface area contributed by atoms with Gasteiger partial charge in [-0.3, -0.25) is 9.59 Å². The lowest BCUT2D eigenvalue weighted by Gasteiger charge is -2.18. The van der Waals surface area contributed by atoms with Crippen LogP contribution in [0.4, 0.5) is 5.69 Å². The van der Waals surface area contributed by atoms with Crippen LogP contribution < -0.4 is 5.32 Å². The normalized spacial score (nSPS) is 11.1. The Kier molecular flexibility index (Phi) is 6.10. The van der Waals surface area contributed by atoms with Gasteiger partial charge in [0.25, 0.3) is 11.6 Å². The van der Waals surface area contributed by atoms with Crippen molar-refractivity contribution in [2.24, 2.45) is 0 Å². The van der Waals surface area contributed by atoms with Crippen molar-refractivity contribution in [2.45, 2.75) is 26.7 Å². The van der Waals surface area contributed by atoms with E-state index in [2.05, 4.69) is 15.5 Å². The van der Waals surface area contributed by atoms with Crippen molar-refractivity contribution in [3.8, 4) is 0 Å². The molecule has 0 aliphatic heterocycles. The van der Waals surface area contributed by atoms with Crippen LogP contribution >= 0.6 is 23.2 Å². The Balaban J connectivity index is 1.85. The van der Waals surface area contributed by atoms with Crippen LogP contribution in [0.2, 0.25) is 10.0 Å². The molecular weight excluding hydrogens is 415 g/mol. The van der Waals surface area contributed by atoms with Gasteiger partial charge in [-0.25, -0.2) is 4.98 Å². The fourth-order valence-electron chi connectivity index (χ4n) is 2.87. The van der Waals surface area contributed by atoms with Gasteiger partial charge in [-0.1, -0.05) is 48.3 Å². The Morgan fingerprint density at radius 2 is 1.90 bits per heavy atom. The maximum atomic E-state index is 13.1. The van der Waals surface area contributed by atoms with E-state index in [1.807, 2.05) is 13.8 Å². The van der Waals surface area contributed by atoms with Gasteiger partial charge in [-0.2, -0.15) is 0 Å². The first-order valence-electron chi connectivity index (χ1n) is 8.95. The summed E-state index contributed by atoms with van der Waals surface area (Å²) in [5, 5.41) is 7.74. The number of hydrogen-bond acceptors (Lipinski definition) is 5. The molecule has 29 heavy (non-hydrogen) atoms. The molecule has 0 aliphatic carbocycles. The van der Waals surface area contributed by atoms with Crippen molar-refractivity contribution in [2.75, 3.05) is 18.9 Å². The maximum Gasteiger partial charge on any atom is 0.259 e. The summed E-state index contributed by atoms with van der Waals surface area (Å²) in [5.74, 6) is -0.675. The fraction of sp³-hybridized carbons (Fsp3) is 0.300. The molecule has 9 heteroatoms. The highest BCUT2D eigenvalue weighted by atomic mass is 35.5. The summed E-state index contributed by atoms with van der Waals surface area (Å²) >= 11 is 12.2. The second-order valence-electron chi connectivity index (χ2n) is 7.00. The van der Waals surface area contributed by atoms with Crippen LogP contribution in [0.5, 0.6) is 0 Å². The van der Waals surface area contributed by atoms with Crippen molar-refractivity contribution in [1.29, 1.82) is 0 Å². The number of amides is 2. The molecular formula is C20H20Cl2N4O3. The van der Waals surface area contributed by atoms with Gasteiger partial charge in [0.05, 0.1) is 38.9 Å². The molecule has 7 nitrogen and oxygen atoms in total. The van der Waals surface area contributed by atoms with E-state index in [0.29, 0.717) is 43.8 Å². The second kappa shape index (κ2) is 8.39. The largest absolute Gasteiger partial charge is 0.336 e. The highest BCUT2D eigenvalue weighted by molar-refractivity contribution is 6.39. The van der Waals surface area contributed by atoms with E-state index in [1.54, 1.807) is 38.2 Å². The van der Waals surface area contributed by atoms with Gasteiger partial charge in [0.1, 0.15) is 0 Å². The van der Waals surface area contributed by atoms with Crippen molar-refractivity contribution in [3.63, 3.8) is 0 Å². The number of carbonyl (C=O) groups excluding carboxylic acids is 2. The number of pyridine rings is 1. The number of likely N-dealkylation sites (N-methyl/N-ethyl adjacent to an activating group) is 1.